The summed E-state index contributed by atoms with van der Waals surface area (Å²) < 4.78 is 6.64. The highest BCUT2D eigenvalue weighted by Crippen LogP contribution is 2.17. The lowest BCUT2D eigenvalue weighted by atomic mass is 10.2. The first-order valence-electron chi connectivity index (χ1n) is 8.84. The Balaban J connectivity index is 0.000000177. The zero-order chi connectivity index (χ0) is 19.1. The molecule has 0 unspecified atom stereocenters. The van der Waals surface area contributed by atoms with E-state index in [9.17, 15) is 4.79 Å². The predicted octanol–water partition coefficient (Wildman–Crippen LogP) is 3.81. The smallest absolute Gasteiger partial charge is 0.307 e. The van der Waals surface area contributed by atoms with E-state index in [1.807, 2.05) is 48.7 Å². The van der Waals surface area contributed by atoms with Crippen molar-refractivity contribution >= 4 is 33.5 Å². The van der Waals surface area contributed by atoms with Gasteiger partial charge in [-0.2, -0.15) is 5.10 Å². The molecule has 0 saturated heterocycles. The Morgan fingerprint density at radius 3 is 2.74 bits per heavy atom. The van der Waals surface area contributed by atoms with Crippen molar-refractivity contribution in [3.05, 3.63) is 67.0 Å². The van der Waals surface area contributed by atoms with Crippen LogP contribution in [0.4, 0.5) is 5.69 Å². The van der Waals surface area contributed by atoms with E-state index in [2.05, 4.69) is 22.2 Å². The van der Waals surface area contributed by atoms with E-state index in [1.165, 1.54) is 5.39 Å². The highest BCUT2D eigenvalue weighted by molar-refractivity contribution is 5.82. The number of benzene rings is 2. The Hall–Kier alpha value is -3.41. The summed E-state index contributed by atoms with van der Waals surface area (Å²) in [6.45, 7) is 2.71. The fourth-order valence-corrected chi connectivity index (χ4v) is 2.71. The van der Waals surface area contributed by atoms with Crippen LogP contribution in [-0.4, -0.2) is 27.3 Å². The van der Waals surface area contributed by atoms with Gasteiger partial charge in [-0.1, -0.05) is 24.3 Å². The molecule has 0 amide bonds. The highest BCUT2D eigenvalue weighted by atomic mass is 16.5. The van der Waals surface area contributed by atoms with E-state index in [0.29, 0.717) is 25.3 Å². The average molecular weight is 362 g/mol. The van der Waals surface area contributed by atoms with Crippen LogP contribution in [0.1, 0.15) is 13.3 Å². The minimum Gasteiger partial charge on any atom is -0.466 e. The molecule has 0 fully saturated rings. The minimum atomic E-state index is -0.208. The molecule has 4 rings (SSSR count). The number of carbonyl (C=O) groups is 1. The van der Waals surface area contributed by atoms with Crippen LogP contribution >= 0.6 is 0 Å². The molecule has 2 aromatic heterocycles. The molecule has 0 aliphatic carbocycles. The van der Waals surface area contributed by atoms with Crippen LogP contribution in [0.15, 0.2) is 67.0 Å². The van der Waals surface area contributed by atoms with Crippen LogP contribution < -0.4 is 5.73 Å². The van der Waals surface area contributed by atoms with Gasteiger partial charge >= 0.3 is 5.97 Å². The SMILES string of the molecule is CCOC(=O)CCn1ncc2ccc(N)cc21.c1ccc2ncccc2c1. The van der Waals surface area contributed by atoms with Gasteiger partial charge < -0.3 is 10.5 Å². The van der Waals surface area contributed by atoms with Gasteiger partial charge in [0.2, 0.25) is 0 Å². The van der Waals surface area contributed by atoms with Crippen molar-refractivity contribution in [2.24, 2.45) is 0 Å². The Kier molecular flexibility index (Phi) is 5.99. The summed E-state index contributed by atoms with van der Waals surface area (Å²) in [5.41, 5.74) is 8.41. The van der Waals surface area contributed by atoms with Gasteiger partial charge in [-0.15, -0.1) is 0 Å². The van der Waals surface area contributed by atoms with E-state index in [-0.39, 0.29) is 5.97 Å². The van der Waals surface area contributed by atoms with Crippen LogP contribution in [0.2, 0.25) is 0 Å². The zero-order valence-corrected chi connectivity index (χ0v) is 15.2. The standard InChI is InChI=1S/C12H15N3O2.C9H7N/c1-2-17-12(16)5-6-15-11-7-10(13)4-3-9(11)8-14-15;1-2-6-9-8(4-1)5-3-7-10-9/h3-4,7-8H,2,5-6,13H2,1H3;1-7H. The Labute approximate surface area is 157 Å². The first kappa shape index (κ1) is 18.4. The summed E-state index contributed by atoms with van der Waals surface area (Å²) in [5.74, 6) is -0.208. The number of nitrogens with zero attached hydrogens (tertiary/aromatic N) is 3. The van der Waals surface area contributed by atoms with Crippen molar-refractivity contribution in [1.29, 1.82) is 0 Å². The van der Waals surface area contributed by atoms with Crippen molar-refractivity contribution in [2.45, 2.75) is 19.9 Å². The number of nitrogen functional groups attached to an aromatic ring is 1. The summed E-state index contributed by atoms with van der Waals surface area (Å²) >= 11 is 0. The molecule has 4 aromatic rings. The largest absolute Gasteiger partial charge is 0.466 e. The molecule has 0 atom stereocenters. The van der Waals surface area contributed by atoms with Crippen molar-refractivity contribution in [1.82, 2.24) is 14.8 Å². The van der Waals surface area contributed by atoms with Gasteiger partial charge in [-0.3, -0.25) is 14.5 Å². The highest BCUT2D eigenvalue weighted by Gasteiger charge is 2.06. The number of aromatic nitrogens is 3. The number of rotatable bonds is 4. The van der Waals surface area contributed by atoms with Crippen LogP contribution in [0.5, 0.6) is 0 Å². The maximum atomic E-state index is 11.3. The molecule has 2 heterocycles. The molecular formula is C21H22N4O2. The molecule has 0 saturated carbocycles. The average Bonchev–Trinajstić information content (AvgIpc) is 3.09. The van der Waals surface area contributed by atoms with E-state index < -0.39 is 0 Å². The molecule has 6 nitrogen and oxygen atoms in total. The number of nitrogens with two attached hydrogens (primary N) is 1. The number of esters is 1. The number of fused-ring (bicyclic) bond motifs is 2. The maximum absolute atomic E-state index is 11.3. The predicted molar refractivity (Wildman–Crippen MR) is 107 cm³/mol. The van der Waals surface area contributed by atoms with Gasteiger partial charge in [0.15, 0.2) is 0 Å². The molecule has 0 radical (unpaired) electrons. The second-order valence-electron chi connectivity index (χ2n) is 5.94. The van der Waals surface area contributed by atoms with Gasteiger partial charge in [0, 0.05) is 22.7 Å². The van der Waals surface area contributed by atoms with Gasteiger partial charge in [0.25, 0.3) is 0 Å². The Morgan fingerprint density at radius 1 is 1.11 bits per heavy atom. The third-order valence-electron chi connectivity index (χ3n) is 4.01. The van der Waals surface area contributed by atoms with E-state index >= 15 is 0 Å². The van der Waals surface area contributed by atoms with Crippen molar-refractivity contribution in [3.8, 4) is 0 Å². The summed E-state index contributed by atoms with van der Waals surface area (Å²) in [5, 5.41) is 6.44. The first-order chi connectivity index (χ1) is 13.2. The first-order valence-corrected chi connectivity index (χ1v) is 8.84. The van der Waals surface area contributed by atoms with E-state index in [0.717, 1.165) is 16.4 Å². The molecule has 0 bridgehead atoms. The maximum Gasteiger partial charge on any atom is 0.307 e. The molecule has 138 valence electrons. The number of hydrogen-bond donors (Lipinski definition) is 1. The summed E-state index contributed by atoms with van der Waals surface area (Å²) in [6, 6.07) is 17.7. The lowest BCUT2D eigenvalue weighted by Crippen LogP contribution is -2.09. The van der Waals surface area contributed by atoms with Crippen molar-refractivity contribution < 1.29 is 9.53 Å². The van der Waals surface area contributed by atoms with Gasteiger partial charge in [0.05, 0.1) is 36.8 Å². The van der Waals surface area contributed by atoms with E-state index in [1.54, 1.807) is 17.8 Å². The number of para-hydroxylation sites is 1. The van der Waals surface area contributed by atoms with Crippen molar-refractivity contribution in [2.75, 3.05) is 12.3 Å². The molecule has 0 aliphatic rings. The second-order valence-corrected chi connectivity index (χ2v) is 5.94. The van der Waals surface area contributed by atoms with Crippen LogP contribution in [0.3, 0.4) is 0 Å². The number of aryl methyl sites for hydroxylation is 1. The number of hydrogen-bond acceptors (Lipinski definition) is 5. The summed E-state index contributed by atoms with van der Waals surface area (Å²) in [7, 11) is 0. The fraction of sp³-hybridized carbons (Fsp3) is 0.190. The number of pyridine rings is 1. The van der Waals surface area contributed by atoms with Gasteiger partial charge in [-0.05, 0) is 37.3 Å². The van der Waals surface area contributed by atoms with E-state index in [4.69, 9.17) is 10.5 Å². The fourth-order valence-electron chi connectivity index (χ4n) is 2.71. The third-order valence-corrected chi connectivity index (χ3v) is 4.01. The zero-order valence-electron chi connectivity index (χ0n) is 15.2. The third kappa shape index (κ3) is 4.82. The molecule has 27 heavy (non-hydrogen) atoms. The Bertz CT molecular complexity index is 977. The molecule has 2 aromatic carbocycles. The molecule has 6 heteroatoms. The molecule has 0 spiro atoms. The minimum absolute atomic E-state index is 0.208. The van der Waals surface area contributed by atoms with Crippen molar-refractivity contribution in [3.63, 3.8) is 0 Å². The molecular weight excluding hydrogens is 340 g/mol. The monoisotopic (exact) mass is 362 g/mol. The van der Waals surface area contributed by atoms with Crippen LogP contribution in [0.25, 0.3) is 21.8 Å². The second kappa shape index (κ2) is 8.80. The molecule has 2 N–H and O–H groups in total. The number of ether oxygens (including phenoxy) is 1. The topological polar surface area (TPSA) is 83.0 Å². The lowest BCUT2D eigenvalue weighted by molar-refractivity contribution is -0.143. The number of anilines is 1. The quantitative estimate of drug-likeness (QED) is 0.441. The molecule has 0 aliphatic heterocycles. The summed E-state index contributed by atoms with van der Waals surface area (Å²) in [6.07, 6.45) is 3.89. The van der Waals surface area contributed by atoms with Gasteiger partial charge in [-0.25, -0.2) is 0 Å². The number of carbonyl (C=O) groups excluding carboxylic acids is 1. The summed E-state index contributed by atoms with van der Waals surface area (Å²) in [4.78, 5) is 15.4. The normalized spacial score (nSPS) is 10.4. The lowest BCUT2D eigenvalue weighted by Gasteiger charge is -2.04. The Morgan fingerprint density at radius 2 is 1.93 bits per heavy atom. The van der Waals surface area contributed by atoms with Crippen LogP contribution in [-0.2, 0) is 16.1 Å². The van der Waals surface area contributed by atoms with Crippen LogP contribution in [0, 0.1) is 0 Å². The van der Waals surface area contributed by atoms with Gasteiger partial charge in [0.1, 0.15) is 0 Å².